The Labute approximate surface area is 93.3 Å². The summed E-state index contributed by atoms with van der Waals surface area (Å²) in [6.45, 7) is 3.53. The summed E-state index contributed by atoms with van der Waals surface area (Å²) < 4.78 is 18.3. The number of aliphatic hydroxyl groups excluding tert-OH is 1. The third-order valence-electron chi connectivity index (χ3n) is 2.65. The summed E-state index contributed by atoms with van der Waals surface area (Å²) in [4.78, 5) is 0. The van der Waals surface area contributed by atoms with Crippen LogP contribution in [-0.2, 0) is 0 Å². The van der Waals surface area contributed by atoms with Crippen molar-refractivity contribution >= 4 is 0 Å². The van der Waals surface area contributed by atoms with Gasteiger partial charge in [0.1, 0.15) is 17.7 Å². The first-order valence-electron chi connectivity index (χ1n) is 5.07. The van der Waals surface area contributed by atoms with E-state index in [9.17, 15) is 9.50 Å². The van der Waals surface area contributed by atoms with Gasteiger partial charge in [-0.25, -0.2) is 4.39 Å². The Balaban J connectivity index is 2.38. The molecule has 0 saturated heterocycles. The molecule has 1 aromatic carbocycles. The maximum Gasteiger partial charge on any atom is 0.139 e. The Morgan fingerprint density at radius 1 is 1.19 bits per heavy atom. The van der Waals surface area contributed by atoms with Crippen LogP contribution < -0.4 is 0 Å². The van der Waals surface area contributed by atoms with Gasteiger partial charge in [-0.05, 0) is 42.7 Å². The second-order valence-corrected chi connectivity index (χ2v) is 3.88. The fourth-order valence-corrected chi connectivity index (χ4v) is 1.65. The summed E-state index contributed by atoms with van der Waals surface area (Å²) in [7, 11) is 0. The molecule has 3 heteroatoms. The van der Waals surface area contributed by atoms with Crippen molar-refractivity contribution in [3.05, 3.63) is 58.8 Å². The predicted molar refractivity (Wildman–Crippen MR) is 58.6 cm³/mol. The lowest BCUT2D eigenvalue weighted by Gasteiger charge is -2.10. The standard InChI is InChI=1S/C13H13FO2/c1-8-5-6-16-13(8)12(15)10-3-4-11(14)9(2)7-10/h3-7,12,15H,1-2H3. The Morgan fingerprint density at radius 2 is 1.94 bits per heavy atom. The second kappa shape index (κ2) is 4.10. The van der Waals surface area contributed by atoms with Crippen LogP contribution in [0.1, 0.15) is 28.6 Å². The summed E-state index contributed by atoms with van der Waals surface area (Å²) in [5.41, 5.74) is 2.03. The summed E-state index contributed by atoms with van der Waals surface area (Å²) in [5, 5.41) is 10.1. The minimum atomic E-state index is -0.839. The molecule has 0 aliphatic carbocycles. The van der Waals surface area contributed by atoms with Crippen molar-refractivity contribution in [1.82, 2.24) is 0 Å². The Morgan fingerprint density at radius 3 is 2.50 bits per heavy atom. The van der Waals surface area contributed by atoms with Crippen molar-refractivity contribution < 1.29 is 13.9 Å². The highest BCUT2D eigenvalue weighted by Gasteiger charge is 2.16. The number of hydrogen-bond acceptors (Lipinski definition) is 2. The quantitative estimate of drug-likeness (QED) is 0.843. The third-order valence-corrected chi connectivity index (χ3v) is 2.65. The molecule has 2 aromatic rings. The molecule has 2 rings (SSSR count). The molecular weight excluding hydrogens is 207 g/mol. The minimum Gasteiger partial charge on any atom is -0.466 e. The van der Waals surface area contributed by atoms with E-state index in [-0.39, 0.29) is 5.82 Å². The summed E-state index contributed by atoms with van der Waals surface area (Å²) in [5.74, 6) is 0.234. The second-order valence-electron chi connectivity index (χ2n) is 3.88. The normalized spacial score (nSPS) is 12.8. The topological polar surface area (TPSA) is 33.4 Å². The molecule has 16 heavy (non-hydrogen) atoms. The molecule has 84 valence electrons. The Bertz CT molecular complexity index is 502. The van der Waals surface area contributed by atoms with E-state index in [2.05, 4.69) is 0 Å². The third kappa shape index (κ3) is 1.86. The maximum atomic E-state index is 13.1. The van der Waals surface area contributed by atoms with Gasteiger partial charge in [0.15, 0.2) is 0 Å². The van der Waals surface area contributed by atoms with Gasteiger partial charge in [0.25, 0.3) is 0 Å². The summed E-state index contributed by atoms with van der Waals surface area (Å²) in [6, 6.07) is 6.33. The van der Waals surface area contributed by atoms with Gasteiger partial charge in [0.2, 0.25) is 0 Å². The van der Waals surface area contributed by atoms with Crippen molar-refractivity contribution in [2.45, 2.75) is 20.0 Å². The van der Waals surface area contributed by atoms with E-state index in [1.807, 2.05) is 6.92 Å². The van der Waals surface area contributed by atoms with E-state index in [0.29, 0.717) is 16.9 Å². The van der Waals surface area contributed by atoms with E-state index < -0.39 is 6.10 Å². The Kier molecular flexibility index (Phi) is 2.79. The fourth-order valence-electron chi connectivity index (χ4n) is 1.65. The zero-order valence-electron chi connectivity index (χ0n) is 9.20. The van der Waals surface area contributed by atoms with Gasteiger partial charge >= 0.3 is 0 Å². The summed E-state index contributed by atoms with van der Waals surface area (Å²) in [6.07, 6.45) is 0.693. The van der Waals surface area contributed by atoms with E-state index in [4.69, 9.17) is 4.42 Å². The molecule has 0 bridgehead atoms. The first kappa shape index (κ1) is 10.9. The van der Waals surface area contributed by atoms with Gasteiger partial charge in [-0.2, -0.15) is 0 Å². The van der Waals surface area contributed by atoms with Crippen LogP contribution in [-0.4, -0.2) is 5.11 Å². The van der Waals surface area contributed by atoms with Gasteiger partial charge < -0.3 is 9.52 Å². The van der Waals surface area contributed by atoms with Crippen molar-refractivity contribution in [2.75, 3.05) is 0 Å². The number of halogens is 1. The van der Waals surface area contributed by atoms with Crippen molar-refractivity contribution in [3.63, 3.8) is 0 Å². The molecule has 0 aliphatic heterocycles. The van der Waals surface area contributed by atoms with E-state index in [1.165, 1.54) is 12.3 Å². The molecule has 0 aliphatic rings. The van der Waals surface area contributed by atoms with Crippen molar-refractivity contribution in [2.24, 2.45) is 0 Å². The van der Waals surface area contributed by atoms with Crippen LogP contribution in [0.2, 0.25) is 0 Å². The highest BCUT2D eigenvalue weighted by molar-refractivity contribution is 5.32. The zero-order chi connectivity index (χ0) is 11.7. The number of hydrogen-bond donors (Lipinski definition) is 1. The van der Waals surface area contributed by atoms with E-state index in [1.54, 1.807) is 25.1 Å². The number of aliphatic hydroxyl groups is 1. The molecule has 1 aromatic heterocycles. The lowest BCUT2D eigenvalue weighted by atomic mass is 10.0. The molecular formula is C13H13FO2. The Hall–Kier alpha value is -1.61. The van der Waals surface area contributed by atoms with Gasteiger partial charge in [-0.1, -0.05) is 12.1 Å². The monoisotopic (exact) mass is 220 g/mol. The molecule has 0 amide bonds. The van der Waals surface area contributed by atoms with E-state index >= 15 is 0 Å². The smallest absolute Gasteiger partial charge is 0.139 e. The van der Waals surface area contributed by atoms with Crippen LogP contribution in [0.15, 0.2) is 34.9 Å². The fraction of sp³-hybridized carbons (Fsp3) is 0.231. The van der Waals surface area contributed by atoms with Crippen LogP contribution in [0.4, 0.5) is 4.39 Å². The maximum absolute atomic E-state index is 13.1. The average molecular weight is 220 g/mol. The lowest BCUT2D eigenvalue weighted by Crippen LogP contribution is -2.00. The molecule has 0 saturated carbocycles. The molecule has 0 fully saturated rings. The highest BCUT2D eigenvalue weighted by atomic mass is 19.1. The van der Waals surface area contributed by atoms with Crippen LogP contribution in [0.3, 0.4) is 0 Å². The first-order valence-corrected chi connectivity index (χ1v) is 5.07. The number of rotatable bonds is 2. The first-order chi connectivity index (χ1) is 7.59. The van der Waals surface area contributed by atoms with E-state index in [0.717, 1.165) is 5.56 Å². The number of benzene rings is 1. The van der Waals surface area contributed by atoms with Crippen molar-refractivity contribution in [1.29, 1.82) is 0 Å². The van der Waals surface area contributed by atoms with Crippen LogP contribution in [0, 0.1) is 19.7 Å². The molecule has 1 unspecified atom stereocenters. The minimum absolute atomic E-state index is 0.271. The molecule has 0 radical (unpaired) electrons. The van der Waals surface area contributed by atoms with Crippen molar-refractivity contribution in [3.8, 4) is 0 Å². The zero-order valence-corrected chi connectivity index (χ0v) is 9.20. The average Bonchev–Trinajstić information content (AvgIpc) is 2.67. The van der Waals surface area contributed by atoms with Crippen LogP contribution in [0.5, 0.6) is 0 Å². The predicted octanol–water partition coefficient (Wildman–Crippen LogP) is 3.12. The largest absolute Gasteiger partial charge is 0.466 e. The molecule has 1 atom stereocenters. The van der Waals surface area contributed by atoms with Crippen LogP contribution >= 0.6 is 0 Å². The number of aryl methyl sites for hydroxylation is 2. The highest BCUT2D eigenvalue weighted by Crippen LogP contribution is 2.26. The molecule has 0 spiro atoms. The SMILES string of the molecule is Cc1cc(C(O)c2occc2C)ccc1F. The lowest BCUT2D eigenvalue weighted by molar-refractivity contribution is 0.188. The number of furan rings is 1. The molecule has 2 nitrogen and oxygen atoms in total. The summed E-state index contributed by atoms with van der Waals surface area (Å²) >= 11 is 0. The van der Waals surface area contributed by atoms with Gasteiger partial charge in [0.05, 0.1) is 6.26 Å². The van der Waals surface area contributed by atoms with Gasteiger partial charge in [-0.15, -0.1) is 0 Å². The van der Waals surface area contributed by atoms with Gasteiger partial charge in [0, 0.05) is 0 Å². The van der Waals surface area contributed by atoms with Crippen LogP contribution in [0.25, 0.3) is 0 Å². The molecule has 1 N–H and O–H groups in total. The molecule has 1 heterocycles. The van der Waals surface area contributed by atoms with Gasteiger partial charge in [-0.3, -0.25) is 0 Å².